The topological polar surface area (TPSA) is 38.0 Å². The van der Waals surface area contributed by atoms with Gasteiger partial charge in [0.25, 0.3) is 0 Å². The number of nitrogens with two attached hydrogens (primary N) is 1. The first-order valence-electron chi connectivity index (χ1n) is 6.22. The molecule has 0 spiro atoms. The maximum atomic E-state index is 12.9. The summed E-state index contributed by atoms with van der Waals surface area (Å²) in [5, 5.41) is 0. The van der Waals surface area contributed by atoms with Gasteiger partial charge >= 0.3 is 0 Å². The van der Waals surface area contributed by atoms with Gasteiger partial charge in [-0.05, 0) is 43.4 Å². The van der Waals surface area contributed by atoms with Crippen LogP contribution in [0.5, 0.6) is 0 Å². The lowest BCUT2D eigenvalue weighted by atomic mass is 9.96. The van der Waals surface area contributed by atoms with E-state index < -0.39 is 0 Å². The number of hydrazine groups is 1. The van der Waals surface area contributed by atoms with Crippen molar-refractivity contribution >= 4 is 0 Å². The minimum atomic E-state index is -0.209. The molecule has 1 aliphatic rings. The number of halogens is 1. The molecular formula is C14H19FN2. The van der Waals surface area contributed by atoms with Crippen molar-refractivity contribution in [3.05, 3.63) is 47.3 Å². The highest BCUT2D eigenvalue weighted by Gasteiger charge is 2.16. The van der Waals surface area contributed by atoms with Gasteiger partial charge in [-0.3, -0.25) is 5.84 Å². The molecule has 0 bridgehead atoms. The van der Waals surface area contributed by atoms with E-state index in [1.165, 1.54) is 37.0 Å². The molecule has 1 unspecified atom stereocenters. The molecule has 92 valence electrons. The number of nitrogens with one attached hydrogen (secondary N) is 1. The van der Waals surface area contributed by atoms with Gasteiger partial charge in [-0.25, -0.2) is 9.82 Å². The van der Waals surface area contributed by atoms with Crippen molar-refractivity contribution in [3.8, 4) is 0 Å². The summed E-state index contributed by atoms with van der Waals surface area (Å²) in [5.74, 6) is 5.43. The highest BCUT2D eigenvalue weighted by atomic mass is 19.1. The molecule has 1 aliphatic carbocycles. The van der Waals surface area contributed by atoms with E-state index in [0.717, 1.165) is 18.4 Å². The number of benzene rings is 1. The molecule has 0 saturated carbocycles. The first-order chi connectivity index (χ1) is 8.31. The second kappa shape index (κ2) is 5.94. The molecule has 17 heavy (non-hydrogen) atoms. The van der Waals surface area contributed by atoms with Crippen LogP contribution in [0.25, 0.3) is 0 Å². The maximum Gasteiger partial charge on any atom is 0.123 e. The van der Waals surface area contributed by atoms with Crippen molar-refractivity contribution in [2.75, 3.05) is 0 Å². The molecule has 0 aromatic heterocycles. The molecule has 0 aliphatic heterocycles. The minimum Gasteiger partial charge on any atom is -0.271 e. The van der Waals surface area contributed by atoms with E-state index in [-0.39, 0.29) is 11.9 Å². The second-order valence-corrected chi connectivity index (χ2v) is 4.53. The molecule has 0 radical (unpaired) electrons. The number of hydrogen-bond acceptors (Lipinski definition) is 2. The average molecular weight is 234 g/mol. The lowest BCUT2D eigenvalue weighted by molar-refractivity contribution is 0.588. The summed E-state index contributed by atoms with van der Waals surface area (Å²) in [6.45, 7) is 0. The van der Waals surface area contributed by atoms with Crippen LogP contribution in [0.15, 0.2) is 35.9 Å². The van der Waals surface area contributed by atoms with Gasteiger partial charge in [-0.1, -0.05) is 30.2 Å². The van der Waals surface area contributed by atoms with Crippen LogP contribution in [0, 0.1) is 5.82 Å². The van der Waals surface area contributed by atoms with Crippen LogP contribution in [-0.4, -0.2) is 0 Å². The molecule has 0 fully saturated rings. The first kappa shape index (κ1) is 12.3. The Balaban J connectivity index is 2.20. The monoisotopic (exact) mass is 234 g/mol. The van der Waals surface area contributed by atoms with E-state index in [1.54, 1.807) is 12.1 Å². The highest BCUT2D eigenvalue weighted by Crippen LogP contribution is 2.28. The van der Waals surface area contributed by atoms with E-state index in [2.05, 4.69) is 11.5 Å². The summed E-state index contributed by atoms with van der Waals surface area (Å²) in [4.78, 5) is 0. The van der Waals surface area contributed by atoms with E-state index in [9.17, 15) is 4.39 Å². The molecular weight excluding hydrogens is 215 g/mol. The number of hydrogen-bond donors (Lipinski definition) is 2. The Morgan fingerprint density at radius 3 is 2.59 bits per heavy atom. The van der Waals surface area contributed by atoms with Crippen molar-refractivity contribution in [3.63, 3.8) is 0 Å². The van der Waals surface area contributed by atoms with Gasteiger partial charge in [0.15, 0.2) is 0 Å². The molecule has 1 aromatic carbocycles. The zero-order valence-electron chi connectivity index (χ0n) is 9.95. The van der Waals surface area contributed by atoms with Gasteiger partial charge in [0.05, 0.1) is 6.04 Å². The van der Waals surface area contributed by atoms with Gasteiger partial charge in [0.1, 0.15) is 5.82 Å². The van der Waals surface area contributed by atoms with Crippen molar-refractivity contribution in [2.24, 2.45) is 5.84 Å². The lowest BCUT2D eigenvalue weighted by Crippen LogP contribution is -2.29. The van der Waals surface area contributed by atoms with Crippen LogP contribution in [0.1, 0.15) is 43.7 Å². The van der Waals surface area contributed by atoms with E-state index in [4.69, 9.17) is 5.84 Å². The fourth-order valence-corrected chi connectivity index (χ4v) is 2.37. The molecule has 1 aromatic rings. The smallest absolute Gasteiger partial charge is 0.123 e. The lowest BCUT2D eigenvalue weighted by Gasteiger charge is -2.19. The molecule has 2 nitrogen and oxygen atoms in total. The summed E-state index contributed by atoms with van der Waals surface area (Å²) in [6.07, 6.45) is 8.22. The zero-order chi connectivity index (χ0) is 12.1. The Morgan fingerprint density at radius 2 is 1.88 bits per heavy atom. The third-order valence-electron chi connectivity index (χ3n) is 3.32. The number of allylic oxidation sites excluding steroid dienone is 1. The summed E-state index contributed by atoms with van der Waals surface area (Å²) < 4.78 is 12.9. The maximum absolute atomic E-state index is 12.9. The fraction of sp³-hybridized carbons (Fsp3) is 0.429. The summed E-state index contributed by atoms with van der Waals surface area (Å²) in [6, 6.07) is 6.58. The van der Waals surface area contributed by atoms with Crippen molar-refractivity contribution in [1.29, 1.82) is 0 Å². The third-order valence-corrected chi connectivity index (χ3v) is 3.32. The highest BCUT2D eigenvalue weighted by molar-refractivity contribution is 5.28. The fourth-order valence-electron chi connectivity index (χ4n) is 2.37. The van der Waals surface area contributed by atoms with Crippen molar-refractivity contribution in [2.45, 2.75) is 38.1 Å². The van der Waals surface area contributed by atoms with Gasteiger partial charge in [0, 0.05) is 0 Å². The number of rotatable bonds is 3. The van der Waals surface area contributed by atoms with Crippen LogP contribution in [0.2, 0.25) is 0 Å². The van der Waals surface area contributed by atoms with E-state index in [0.29, 0.717) is 0 Å². The molecule has 0 amide bonds. The molecule has 3 heteroatoms. The van der Waals surface area contributed by atoms with Crippen LogP contribution in [0.3, 0.4) is 0 Å². The Morgan fingerprint density at radius 1 is 1.12 bits per heavy atom. The Kier molecular flexibility index (Phi) is 4.29. The quantitative estimate of drug-likeness (QED) is 0.479. The molecule has 2 rings (SSSR count). The SMILES string of the molecule is NNC(C1=CCCCCC1)c1ccc(F)cc1. The Bertz CT molecular complexity index is 384. The zero-order valence-corrected chi connectivity index (χ0v) is 9.95. The predicted molar refractivity (Wildman–Crippen MR) is 67.6 cm³/mol. The van der Waals surface area contributed by atoms with Gasteiger partial charge in [-0.15, -0.1) is 0 Å². The van der Waals surface area contributed by atoms with Crippen LogP contribution in [0.4, 0.5) is 4.39 Å². The Hall–Kier alpha value is -1.19. The average Bonchev–Trinajstić information content (AvgIpc) is 2.62. The second-order valence-electron chi connectivity index (χ2n) is 4.53. The minimum absolute atomic E-state index is 0.0219. The third kappa shape index (κ3) is 3.14. The van der Waals surface area contributed by atoms with Crippen LogP contribution >= 0.6 is 0 Å². The molecule has 0 saturated heterocycles. The standard InChI is InChI=1S/C14H19FN2/c15-13-9-7-12(8-10-13)14(17-16)11-5-3-1-2-4-6-11/h5,7-10,14,17H,1-4,6,16H2. The van der Waals surface area contributed by atoms with Crippen LogP contribution < -0.4 is 11.3 Å². The summed E-state index contributed by atoms with van der Waals surface area (Å²) >= 11 is 0. The molecule has 1 atom stereocenters. The van der Waals surface area contributed by atoms with Gasteiger partial charge in [0.2, 0.25) is 0 Å². The largest absolute Gasteiger partial charge is 0.271 e. The summed E-state index contributed by atoms with van der Waals surface area (Å²) in [5.41, 5.74) is 5.20. The van der Waals surface area contributed by atoms with Gasteiger partial charge in [-0.2, -0.15) is 0 Å². The first-order valence-corrected chi connectivity index (χ1v) is 6.22. The van der Waals surface area contributed by atoms with Gasteiger partial charge < -0.3 is 0 Å². The van der Waals surface area contributed by atoms with Crippen LogP contribution in [-0.2, 0) is 0 Å². The Labute approximate surface area is 102 Å². The van der Waals surface area contributed by atoms with Crippen molar-refractivity contribution < 1.29 is 4.39 Å². The molecule has 0 heterocycles. The normalized spacial score (nSPS) is 18.4. The van der Waals surface area contributed by atoms with E-state index in [1.807, 2.05) is 0 Å². The van der Waals surface area contributed by atoms with E-state index >= 15 is 0 Å². The predicted octanol–water partition coefficient (Wildman–Crippen LogP) is 3.22. The molecule has 3 N–H and O–H groups in total. The van der Waals surface area contributed by atoms with Crippen molar-refractivity contribution in [1.82, 2.24) is 5.43 Å². The summed E-state index contributed by atoms with van der Waals surface area (Å²) in [7, 11) is 0.